The maximum atomic E-state index is 11.5. The summed E-state index contributed by atoms with van der Waals surface area (Å²) in [6, 6.07) is 0. The zero-order chi connectivity index (χ0) is 15.4. The van der Waals surface area contributed by atoms with Gasteiger partial charge in [-0.05, 0) is 30.4 Å². The van der Waals surface area contributed by atoms with E-state index < -0.39 is 15.5 Å². The third kappa shape index (κ3) is 3.36. The molecule has 0 aromatic heterocycles. The molecule has 1 aromatic rings. The summed E-state index contributed by atoms with van der Waals surface area (Å²) >= 11 is 6.21. The van der Waals surface area contributed by atoms with Gasteiger partial charge in [-0.3, -0.25) is 0 Å². The highest BCUT2D eigenvalue weighted by Gasteiger charge is 2.22. The van der Waals surface area contributed by atoms with Crippen LogP contribution in [-0.4, -0.2) is 20.6 Å². The first-order chi connectivity index (χ1) is 9.31. The van der Waals surface area contributed by atoms with E-state index in [1.807, 2.05) is 0 Å². The van der Waals surface area contributed by atoms with Crippen molar-refractivity contribution in [3.63, 3.8) is 0 Å². The minimum atomic E-state index is -1.03. The predicted molar refractivity (Wildman–Crippen MR) is 87.4 cm³/mol. The molecule has 0 aliphatic rings. The molecule has 20 heavy (non-hydrogen) atoms. The third-order valence-electron chi connectivity index (χ3n) is 3.08. The Bertz CT molecular complexity index is 600. The van der Waals surface area contributed by atoms with E-state index in [1.54, 1.807) is 6.92 Å². The maximum Gasteiger partial charge on any atom is 0.337 e. The molecule has 0 radical (unpaired) electrons. The Labute approximate surface area is 127 Å². The summed E-state index contributed by atoms with van der Waals surface area (Å²) < 4.78 is 0. The molecule has 1 aromatic carbocycles. The van der Waals surface area contributed by atoms with Crippen LogP contribution in [0.4, 0.5) is 5.69 Å². The van der Waals surface area contributed by atoms with Gasteiger partial charge in [0, 0.05) is 0 Å². The molecule has 0 aliphatic heterocycles. The molecule has 0 saturated carbocycles. The summed E-state index contributed by atoms with van der Waals surface area (Å²) in [5, 5.41) is 9.54. The average Bonchev–Trinajstić information content (AvgIpc) is 2.34. The third-order valence-corrected chi connectivity index (χ3v) is 3.99. The van der Waals surface area contributed by atoms with Crippen LogP contribution in [0.5, 0.6) is 0 Å². The number of hydrogen-bond acceptors (Lipinski definition) is 2. The van der Waals surface area contributed by atoms with Crippen LogP contribution in [0.1, 0.15) is 40.9 Å². The number of hydrogen-bond donors (Lipinski definition) is 2. The number of benzene rings is 1. The van der Waals surface area contributed by atoms with Crippen LogP contribution in [0.3, 0.4) is 0 Å². The van der Waals surface area contributed by atoms with E-state index in [2.05, 4.69) is 31.9 Å². The second-order valence-electron chi connectivity index (χ2n) is 5.14. The summed E-state index contributed by atoms with van der Waals surface area (Å²) in [6.07, 6.45) is 0.716. The van der Waals surface area contributed by atoms with Gasteiger partial charge in [0.1, 0.15) is 9.52 Å². The van der Waals surface area contributed by atoms with Crippen molar-refractivity contribution in [2.45, 2.75) is 33.7 Å². The lowest BCUT2D eigenvalue weighted by Gasteiger charge is -2.17. The van der Waals surface area contributed by atoms with Crippen molar-refractivity contribution in [2.75, 3.05) is 5.73 Å². The number of nitrogens with two attached hydrogens (primary N) is 1. The summed E-state index contributed by atoms with van der Waals surface area (Å²) in [5.74, 6) is 2.30. The summed E-state index contributed by atoms with van der Waals surface area (Å²) in [6.45, 7) is 7.95. The van der Waals surface area contributed by atoms with E-state index in [0.29, 0.717) is 29.2 Å². The number of carbonyl (C=O) groups is 1. The van der Waals surface area contributed by atoms with Gasteiger partial charge in [-0.2, -0.15) is 0 Å². The molecule has 108 valence electrons. The second-order valence-corrected chi connectivity index (χ2v) is 6.58. The molecule has 0 aliphatic carbocycles. The molecule has 3 nitrogen and oxygen atoms in total. The van der Waals surface area contributed by atoms with Gasteiger partial charge in [-0.25, -0.2) is 4.79 Å². The lowest BCUT2D eigenvalue weighted by molar-refractivity contribution is 0.0696. The highest BCUT2D eigenvalue weighted by Crippen LogP contribution is 2.34. The number of carboxylic acids is 1. The molecule has 0 amide bonds. The lowest BCUT2D eigenvalue weighted by atomic mass is 9.91. The largest absolute Gasteiger partial charge is 0.478 e. The van der Waals surface area contributed by atoms with Gasteiger partial charge in [-0.1, -0.05) is 37.9 Å². The van der Waals surface area contributed by atoms with Gasteiger partial charge in [0.15, 0.2) is 0 Å². The van der Waals surface area contributed by atoms with Crippen molar-refractivity contribution in [1.29, 1.82) is 0 Å². The quantitative estimate of drug-likeness (QED) is 0.512. The van der Waals surface area contributed by atoms with Crippen molar-refractivity contribution < 1.29 is 9.90 Å². The van der Waals surface area contributed by atoms with Crippen LogP contribution in [0.15, 0.2) is 0 Å². The van der Waals surface area contributed by atoms with E-state index in [0.717, 1.165) is 5.56 Å². The molecule has 0 spiro atoms. The van der Waals surface area contributed by atoms with Gasteiger partial charge in [0.05, 0.1) is 21.8 Å². The first kappa shape index (κ1) is 16.6. The van der Waals surface area contributed by atoms with Crippen LogP contribution in [-0.2, 0) is 6.42 Å². The maximum absolute atomic E-state index is 11.5. The van der Waals surface area contributed by atoms with Gasteiger partial charge in [0.2, 0.25) is 0 Å². The highest BCUT2D eigenvalue weighted by atomic mass is 35.5. The number of rotatable bonds is 3. The topological polar surface area (TPSA) is 63.3 Å². The Morgan fingerprint density at radius 1 is 1.50 bits per heavy atom. The first-order valence-electron chi connectivity index (χ1n) is 6.63. The molecule has 1 rings (SSSR count). The molecule has 0 bridgehead atoms. The minimum absolute atomic E-state index is 0.124. The summed E-state index contributed by atoms with van der Waals surface area (Å²) in [5.41, 5.74) is 11.8. The molecule has 0 fully saturated rings. The van der Waals surface area contributed by atoms with Gasteiger partial charge >= 0.3 is 5.97 Å². The summed E-state index contributed by atoms with van der Waals surface area (Å²) in [4.78, 5) is 11.5. The van der Waals surface area contributed by atoms with Crippen molar-refractivity contribution in [3.05, 3.63) is 27.3 Å². The standard InChI is InChI=1S/C15H20ClNO2Si/c1-8(2)7-11-9(3)12(15(18)19)13(16)10(14(11)17)5-6-20-4/h8H,7,17,20H2,1-4H3,(H,18,19). The Hall–Kier alpha value is -1.44. The number of nitrogen functional groups attached to an aromatic ring is 1. The fourth-order valence-electron chi connectivity index (χ4n) is 2.14. The van der Waals surface area contributed by atoms with Crippen molar-refractivity contribution in [1.82, 2.24) is 0 Å². The summed E-state index contributed by atoms with van der Waals surface area (Å²) in [7, 11) is -0.460. The number of anilines is 1. The lowest BCUT2D eigenvalue weighted by Crippen LogP contribution is -2.11. The van der Waals surface area contributed by atoms with Crippen LogP contribution < -0.4 is 5.73 Å². The second kappa shape index (κ2) is 6.82. The number of aromatic carboxylic acids is 1. The van der Waals surface area contributed by atoms with E-state index in [9.17, 15) is 9.90 Å². The fraction of sp³-hybridized carbons (Fsp3) is 0.400. The smallest absolute Gasteiger partial charge is 0.337 e. The van der Waals surface area contributed by atoms with Crippen molar-refractivity contribution >= 4 is 32.8 Å². The first-order valence-corrected chi connectivity index (χ1v) is 9.13. The minimum Gasteiger partial charge on any atom is -0.478 e. The van der Waals surface area contributed by atoms with Crippen molar-refractivity contribution in [3.8, 4) is 11.5 Å². The van der Waals surface area contributed by atoms with Gasteiger partial charge in [-0.15, -0.1) is 5.54 Å². The van der Waals surface area contributed by atoms with Crippen LogP contribution >= 0.6 is 11.6 Å². The van der Waals surface area contributed by atoms with E-state index in [1.165, 1.54) is 0 Å². The molecular weight excluding hydrogens is 290 g/mol. The Kier molecular flexibility index (Phi) is 5.67. The highest BCUT2D eigenvalue weighted by molar-refractivity contribution is 6.44. The average molecular weight is 310 g/mol. The monoisotopic (exact) mass is 309 g/mol. The Morgan fingerprint density at radius 2 is 2.10 bits per heavy atom. The van der Waals surface area contributed by atoms with Crippen LogP contribution in [0.2, 0.25) is 11.6 Å². The number of carboxylic acid groups (broad SMARTS) is 1. The zero-order valence-electron chi connectivity index (χ0n) is 12.3. The molecule has 0 unspecified atom stereocenters. The molecular formula is C15H20ClNO2Si. The number of halogens is 1. The molecule has 3 N–H and O–H groups in total. The SMILES string of the molecule is C[SiH2]C#Cc1c(N)c(CC(C)C)c(C)c(C(=O)O)c1Cl. The molecule has 0 heterocycles. The fourth-order valence-corrected chi connectivity index (χ4v) is 2.86. The van der Waals surface area contributed by atoms with Crippen molar-refractivity contribution in [2.24, 2.45) is 5.92 Å². The Morgan fingerprint density at radius 3 is 2.55 bits per heavy atom. The molecule has 0 saturated heterocycles. The van der Waals surface area contributed by atoms with E-state index in [-0.39, 0.29) is 10.6 Å². The Balaban J connectivity index is 3.68. The molecule has 0 atom stereocenters. The molecule has 5 heteroatoms. The van der Waals surface area contributed by atoms with E-state index >= 15 is 0 Å². The van der Waals surface area contributed by atoms with Crippen LogP contribution in [0, 0.1) is 24.3 Å². The normalized spacial score (nSPS) is 10.9. The van der Waals surface area contributed by atoms with Gasteiger partial charge in [0.25, 0.3) is 0 Å². The zero-order valence-corrected chi connectivity index (χ0v) is 14.5. The predicted octanol–water partition coefficient (Wildman–Crippen LogP) is 2.65. The van der Waals surface area contributed by atoms with E-state index in [4.69, 9.17) is 17.3 Å². The van der Waals surface area contributed by atoms with Crippen LogP contribution in [0.25, 0.3) is 0 Å². The van der Waals surface area contributed by atoms with Gasteiger partial charge < -0.3 is 10.8 Å².